The summed E-state index contributed by atoms with van der Waals surface area (Å²) in [7, 11) is 1.64. The number of benzene rings is 1. The molecule has 2 N–H and O–H groups in total. The summed E-state index contributed by atoms with van der Waals surface area (Å²) in [5.74, 6) is 1.30. The molecular weight excluding hydrogens is 228 g/mol. The van der Waals surface area contributed by atoms with E-state index >= 15 is 0 Å². The molecule has 0 aromatic heterocycles. The number of hydrogen-bond donors (Lipinski definition) is 1. The highest BCUT2D eigenvalue weighted by Crippen LogP contribution is 2.32. The Kier molecular flexibility index (Phi) is 4.20. The van der Waals surface area contributed by atoms with E-state index in [0.717, 1.165) is 38.0 Å². The Bertz CT molecular complexity index is 412. The van der Waals surface area contributed by atoms with Crippen molar-refractivity contribution in [2.24, 2.45) is 0 Å². The molecule has 0 atom stereocenters. The Balaban J connectivity index is 2.03. The molecule has 4 heteroatoms. The topological polar surface area (TPSA) is 55.6 Å². The van der Waals surface area contributed by atoms with Crippen molar-refractivity contribution in [1.82, 2.24) is 4.90 Å². The predicted molar refractivity (Wildman–Crippen MR) is 71.9 cm³/mol. The lowest BCUT2D eigenvalue weighted by Gasteiger charge is -2.31. The van der Waals surface area contributed by atoms with E-state index in [2.05, 4.69) is 11.0 Å². The lowest BCUT2D eigenvalue weighted by atomic mass is 9.89. The lowest BCUT2D eigenvalue weighted by molar-refractivity contribution is -0.109. The largest absolute Gasteiger partial charge is 0.495 e. The van der Waals surface area contributed by atoms with Gasteiger partial charge < -0.3 is 15.3 Å². The second-order valence-electron chi connectivity index (χ2n) is 4.74. The maximum absolute atomic E-state index is 10.5. The van der Waals surface area contributed by atoms with Gasteiger partial charge in [0.15, 0.2) is 0 Å². The molecule has 0 bridgehead atoms. The van der Waals surface area contributed by atoms with Crippen LogP contribution in [0.1, 0.15) is 24.3 Å². The fourth-order valence-electron chi connectivity index (χ4n) is 2.54. The molecule has 1 aliphatic heterocycles. The molecule has 0 unspecified atom stereocenters. The van der Waals surface area contributed by atoms with E-state index < -0.39 is 0 Å². The summed E-state index contributed by atoms with van der Waals surface area (Å²) >= 11 is 0. The second-order valence-corrected chi connectivity index (χ2v) is 4.74. The highest BCUT2D eigenvalue weighted by Gasteiger charge is 2.20. The fourth-order valence-corrected chi connectivity index (χ4v) is 2.54. The van der Waals surface area contributed by atoms with Crippen molar-refractivity contribution in [1.29, 1.82) is 0 Å². The molecule has 98 valence electrons. The average molecular weight is 248 g/mol. The molecule has 2 rings (SSSR count). The number of carbonyl (C=O) groups is 1. The average Bonchev–Trinajstić information content (AvgIpc) is 2.41. The van der Waals surface area contributed by atoms with Crippen LogP contribution in [0.4, 0.5) is 5.69 Å². The highest BCUT2D eigenvalue weighted by atomic mass is 16.5. The van der Waals surface area contributed by atoms with E-state index in [1.807, 2.05) is 12.1 Å². The van der Waals surface area contributed by atoms with E-state index in [-0.39, 0.29) is 0 Å². The number of nitrogen functional groups attached to an aromatic ring is 1. The molecule has 18 heavy (non-hydrogen) atoms. The highest BCUT2D eigenvalue weighted by molar-refractivity contribution is 5.54. The van der Waals surface area contributed by atoms with Crippen LogP contribution in [0, 0.1) is 0 Å². The zero-order chi connectivity index (χ0) is 13.0. The molecular formula is C14H20N2O2. The number of hydrogen-bond acceptors (Lipinski definition) is 4. The summed E-state index contributed by atoms with van der Waals surface area (Å²) < 4.78 is 5.25. The van der Waals surface area contributed by atoms with Crippen LogP contribution in [-0.4, -0.2) is 37.9 Å². The van der Waals surface area contributed by atoms with Crippen LogP contribution in [0.25, 0.3) is 0 Å². The van der Waals surface area contributed by atoms with E-state index in [9.17, 15) is 4.79 Å². The number of likely N-dealkylation sites (tertiary alicyclic amines) is 1. The Morgan fingerprint density at radius 2 is 2.17 bits per heavy atom. The van der Waals surface area contributed by atoms with Gasteiger partial charge in [0.05, 0.1) is 19.3 Å². The Hall–Kier alpha value is -1.55. The van der Waals surface area contributed by atoms with Gasteiger partial charge in [-0.2, -0.15) is 0 Å². The fraction of sp³-hybridized carbons (Fsp3) is 0.500. The van der Waals surface area contributed by atoms with Gasteiger partial charge in [0.25, 0.3) is 0 Å². The first-order valence-electron chi connectivity index (χ1n) is 6.34. The van der Waals surface area contributed by atoms with Crippen molar-refractivity contribution in [3.05, 3.63) is 23.8 Å². The summed E-state index contributed by atoms with van der Waals surface area (Å²) in [5.41, 5.74) is 7.78. The minimum atomic E-state index is 0.544. The van der Waals surface area contributed by atoms with Crippen molar-refractivity contribution >= 4 is 12.0 Å². The molecule has 0 amide bonds. The summed E-state index contributed by atoms with van der Waals surface area (Å²) in [5, 5.41) is 0. The Morgan fingerprint density at radius 3 is 2.78 bits per heavy atom. The zero-order valence-corrected chi connectivity index (χ0v) is 10.8. The van der Waals surface area contributed by atoms with Gasteiger partial charge in [-0.05, 0) is 49.5 Å². The van der Waals surface area contributed by atoms with Gasteiger partial charge in [0.2, 0.25) is 0 Å². The smallest absolute Gasteiger partial charge is 0.142 e. The van der Waals surface area contributed by atoms with Gasteiger partial charge in [-0.25, -0.2) is 0 Å². The number of ether oxygens (including phenoxy) is 1. The molecule has 0 saturated carbocycles. The molecule has 1 aromatic carbocycles. The van der Waals surface area contributed by atoms with Crippen LogP contribution < -0.4 is 10.5 Å². The van der Waals surface area contributed by atoms with Gasteiger partial charge >= 0.3 is 0 Å². The molecule has 1 saturated heterocycles. The van der Waals surface area contributed by atoms with Gasteiger partial charge in [0, 0.05) is 0 Å². The SMILES string of the molecule is COc1cc(C2CCN(CC=O)CC2)ccc1N. The lowest BCUT2D eigenvalue weighted by Crippen LogP contribution is -2.34. The van der Waals surface area contributed by atoms with E-state index in [1.165, 1.54) is 5.56 Å². The molecule has 4 nitrogen and oxygen atoms in total. The standard InChI is InChI=1S/C14H20N2O2/c1-18-14-10-12(2-3-13(14)15)11-4-6-16(7-5-11)8-9-17/h2-3,9-11H,4-8,15H2,1H3. The first-order chi connectivity index (χ1) is 8.74. The third-order valence-corrected chi connectivity index (χ3v) is 3.65. The minimum absolute atomic E-state index is 0.544. The number of nitrogens with two attached hydrogens (primary N) is 1. The number of anilines is 1. The normalized spacial score (nSPS) is 17.6. The number of nitrogens with zero attached hydrogens (tertiary/aromatic N) is 1. The Labute approximate surface area is 108 Å². The molecule has 1 aliphatic rings. The molecule has 1 heterocycles. The van der Waals surface area contributed by atoms with E-state index in [0.29, 0.717) is 18.2 Å². The molecule has 1 aromatic rings. The van der Waals surface area contributed by atoms with Gasteiger partial charge in [-0.3, -0.25) is 4.90 Å². The number of rotatable bonds is 4. The van der Waals surface area contributed by atoms with Crippen molar-refractivity contribution in [2.45, 2.75) is 18.8 Å². The van der Waals surface area contributed by atoms with Crippen molar-refractivity contribution in [3.63, 3.8) is 0 Å². The second kappa shape index (κ2) is 5.87. The van der Waals surface area contributed by atoms with Crippen LogP contribution in [0.5, 0.6) is 5.75 Å². The van der Waals surface area contributed by atoms with Gasteiger partial charge in [-0.15, -0.1) is 0 Å². The van der Waals surface area contributed by atoms with Crippen LogP contribution in [0.15, 0.2) is 18.2 Å². The van der Waals surface area contributed by atoms with Crippen LogP contribution in [0.3, 0.4) is 0 Å². The monoisotopic (exact) mass is 248 g/mol. The van der Waals surface area contributed by atoms with Crippen LogP contribution in [-0.2, 0) is 4.79 Å². The predicted octanol–water partition coefficient (Wildman–Crippen LogP) is 1.66. The Morgan fingerprint density at radius 1 is 1.44 bits per heavy atom. The number of carbonyl (C=O) groups excluding carboxylic acids is 1. The quantitative estimate of drug-likeness (QED) is 0.650. The summed E-state index contributed by atoms with van der Waals surface area (Å²) in [6.45, 7) is 2.52. The summed E-state index contributed by atoms with van der Waals surface area (Å²) in [6.07, 6.45) is 3.15. The first kappa shape index (κ1) is 12.9. The van der Waals surface area contributed by atoms with Crippen LogP contribution >= 0.6 is 0 Å². The van der Waals surface area contributed by atoms with Crippen molar-refractivity contribution < 1.29 is 9.53 Å². The van der Waals surface area contributed by atoms with E-state index in [1.54, 1.807) is 7.11 Å². The maximum atomic E-state index is 10.5. The van der Waals surface area contributed by atoms with Crippen molar-refractivity contribution in [3.8, 4) is 5.75 Å². The number of aldehydes is 1. The van der Waals surface area contributed by atoms with Gasteiger partial charge in [-0.1, -0.05) is 6.07 Å². The minimum Gasteiger partial charge on any atom is -0.495 e. The summed E-state index contributed by atoms with van der Waals surface area (Å²) in [6, 6.07) is 6.03. The summed E-state index contributed by atoms with van der Waals surface area (Å²) in [4.78, 5) is 12.7. The third kappa shape index (κ3) is 2.82. The molecule has 0 spiro atoms. The third-order valence-electron chi connectivity index (χ3n) is 3.65. The van der Waals surface area contributed by atoms with Crippen molar-refractivity contribution in [2.75, 3.05) is 32.5 Å². The zero-order valence-electron chi connectivity index (χ0n) is 10.8. The molecule has 0 radical (unpaired) electrons. The number of methoxy groups -OCH3 is 1. The molecule has 0 aliphatic carbocycles. The number of piperidine rings is 1. The first-order valence-corrected chi connectivity index (χ1v) is 6.34. The molecule has 1 fully saturated rings. The maximum Gasteiger partial charge on any atom is 0.142 e. The van der Waals surface area contributed by atoms with Gasteiger partial charge in [0.1, 0.15) is 12.0 Å². The van der Waals surface area contributed by atoms with Crippen LogP contribution in [0.2, 0.25) is 0 Å². The van der Waals surface area contributed by atoms with E-state index in [4.69, 9.17) is 10.5 Å².